The molecule has 434 valence electrons. The van der Waals surface area contributed by atoms with Crippen LogP contribution in [0, 0.1) is 17.8 Å². The van der Waals surface area contributed by atoms with E-state index in [2.05, 4.69) is 27.3 Å². The number of aliphatic hydroxyl groups is 5. The third-order valence-corrected chi connectivity index (χ3v) is 16.8. The standard InChI is InChI=1S/C56H96N6O14/c1-14-44-56(10,69)49(65)38(6)60(11)31-34(2)29-54(8,68)51(36(4)48(37(5)52(67)74-44)75-46-30-55(9,71-13)50(66)39(7)73-46)76-53-47(64)43(28-35(3)72-53)61(12)32-40-23-25-41(26-24-40)42-33-62(59-57-42)27-21-19-17-15-16-18-20-22-45(63)58-70/h23-26,33-39,43-44,46-51,53,64-66,68-69H,14-22,27-32H2,1-13H3,(H2,57,58,59,63,70)/p+1/t34-,35-,36+,37-,38-,39+,43+,44-,46?,47-,48+,49-,50+,51-,53+,54-,55-,56-/m1/s1. The molecule has 76 heavy (non-hydrogen) atoms. The van der Waals surface area contributed by atoms with Crippen molar-refractivity contribution in [1.82, 2.24) is 25.6 Å². The van der Waals surface area contributed by atoms with Crippen LogP contribution in [0.3, 0.4) is 0 Å². The molecule has 0 spiro atoms. The van der Waals surface area contributed by atoms with Crippen LogP contribution in [-0.2, 0) is 51.1 Å². The highest BCUT2D eigenvalue weighted by atomic mass is 16.7. The molecule has 1 aromatic heterocycles. The Kier molecular flexibility index (Phi) is 23.7. The zero-order valence-electron chi connectivity index (χ0n) is 47.9. The van der Waals surface area contributed by atoms with Gasteiger partial charge < -0.3 is 58.9 Å². The van der Waals surface area contributed by atoms with Gasteiger partial charge in [-0.3, -0.25) is 19.7 Å². The highest BCUT2D eigenvalue weighted by Gasteiger charge is 2.53. The van der Waals surface area contributed by atoms with Crippen LogP contribution in [0.5, 0.6) is 0 Å². The van der Waals surface area contributed by atoms with E-state index < -0.39 is 102 Å². The predicted octanol–water partition coefficient (Wildman–Crippen LogP) is 4.77. The Hall–Kier alpha value is -3.22. The number of likely N-dealkylation sites (N-methyl/N-ethyl adjacent to an activating group) is 2. The molecule has 1 aromatic carbocycles. The summed E-state index contributed by atoms with van der Waals surface area (Å²) in [5.41, 5.74) is -0.0264. The molecule has 8 N–H and O–H groups in total. The smallest absolute Gasteiger partial charge is 0.311 e. The highest BCUT2D eigenvalue weighted by molar-refractivity contribution is 5.74. The number of aromatic amines is 1. The van der Waals surface area contributed by atoms with E-state index in [0.29, 0.717) is 25.9 Å². The number of H-pyrrole nitrogens is 1. The zero-order valence-corrected chi connectivity index (χ0v) is 47.9. The van der Waals surface area contributed by atoms with Gasteiger partial charge in [-0.05, 0) is 125 Å². The minimum atomic E-state index is -1.84. The second-order valence-corrected chi connectivity index (χ2v) is 23.5. The lowest BCUT2D eigenvalue weighted by atomic mass is 9.77. The number of benzene rings is 1. The van der Waals surface area contributed by atoms with Crippen LogP contribution in [-0.4, -0.2) is 181 Å². The zero-order chi connectivity index (χ0) is 56.3. The first kappa shape index (κ1) is 63.6. The summed E-state index contributed by atoms with van der Waals surface area (Å²) in [6.45, 7) is 19.4. The van der Waals surface area contributed by atoms with Crippen molar-refractivity contribution in [1.29, 1.82) is 0 Å². The summed E-state index contributed by atoms with van der Waals surface area (Å²) in [4.78, 5) is 29.7. The van der Waals surface area contributed by atoms with Gasteiger partial charge in [0.2, 0.25) is 11.6 Å². The number of nitrogens with zero attached hydrogens (tertiary/aromatic N) is 4. The number of carbonyl (C=O) groups is 2. The summed E-state index contributed by atoms with van der Waals surface area (Å²) in [6, 6.07) is 7.21. The maximum Gasteiger partial charge on any atom is 0.311 e. The van der Waals surface area contributed by atoms with Gasteiger partial charge >= 0.3 is 5.97 Å². The minimum absolute atomic E-state index is 0.102. The van der Waals surface area contributed by atoms with Crippen LogP contribution in [0.2, 0.25) is 0 Å². The average molecular weight is 1080 g/mol. The van der Waals surface area contributed by atoms with Crippen molar-refractivity contribution in [2.24, 2.45) is 17.8 Å². The molecule has 0 aliphatic carbocycles. The second kappa shape index (κ2) is 28.3. The number of hydroxylamine groups is 1. The van der Waals surface area contributed by atoms with Gasteiger partial charge in [-0.1, -0.05) is 63.8 Å². The number of ether oxygens (including phenoxy) is 6. The Labute approximate surface area is 452 Å². The molecule has 5 rings (SSSR count). The second-order valence-electron chi connectivity index (χ2n) is 23.5. The molecule has 2 aromatic rings. The van der Waals surface area contributed by atoms with E-state index in [1.54, 1.807) is 47.0 Å². The first-order valence-corrected chi connectivity index (χ1v) is 28.0. The molecule has 0 bridgehead atoms. The van der Waals surface area contributed by atoms with Crippen molar-refractivity contribution in [2.45, 2.75) is 250 Å². The van der Waals surface area contributed by atoms with Gasteiger partial charge in [0.05, 0.1) is 41.5 Å². The number of nitrogens with one attached hydrogen (secondary N) is 2. The van der Waals surface area contributed by atoms with E-state index in [1.165, 1.54) is 14.0 Å². The normalized spacial score (nSPS) is 37.6. The topological polar surface area (TPSA) is 262 Å². The predicted molar refractivity (Wildman–Crippen MR) is 283 cm³/mol. The van der Waals surface area contributed by atoms with Gasteiger partial charge in [-0.2, -0.15) is 4.68 Å². The maximum atomic E-state index is 14.5. The summed E-state index contributed by atoms with van der Waals surface area (Å²) in [7, 11) is 5.31. The van der Waals surface area contributed by atoms with Crippen LogP contribution in [0.4, 0.5) is 0 Å². The fraction of sp³-hybridized carbons (Fsp3) is 0.821. The molecule has 4 heterocycles. The van der Waals surface area contributed by atoms with Crippen LogP contribution in [0.25, 0.3) is 11.3 Å². The number of carbonyl (C=O) groups excluding carboxylic acids is 2. The summed E-state index contributed by atoms with van der Waals surface area (Å²) in [5, 5.41) is 76.2. The number of hydrogen-bond acceptors (Lipinski definition) is 17. The third kappa shape index (κ3) is 16.4. The van der Waals surface area contributed by atoms with Gasteiger partial charge in [-0.25, -0.2) is 5.48 Å². The number of methoxy groups -OCH3 is 1. The first-order chi connectivity index (χ1) is 35.8. The number of esters is 1. The largest absolute Gasteiger partial charge is 0.459 e. The first-order valence-electron chi connectivity index (χ1n) is 28.0. The Morgan fingerprint density at radius 2 is 1.58 bits per heavy atom. The Morgan fingerprint density at radius 3 is 2.21 bits per heavy atom. The fourth-order valence-corrected chi connectivity index (χ4v) is 11.9. The van der Waals surface area contributed by atoms with Gasteiger partial charge in [0.15, 0.2) is 18.8 Å². The number of aryl methyl sites for hydroxylation is 1. The lowest BCUT2D eigenvalue weighted by molar-refractivity contribution is -0.753. The monoisotopic (exact) mass is 1080 g/mol. The SMILES string of the molecule is CC[C@H]1OC(=O)[C@H](C)[C@@H](OC2C[C@@](C)(OC)[C@@H](O)[C@H](C)O2)[C@H](C)[C@@H](O[C@@H]2O[C@H](C)C[C@H](N(C)Cc3ccc(-c4c[n+](CCCCCCCCCC(=O)NO)[nH]n4)cc3)[C@H]2O)[C@](C)(O)C[C@@H](C)CN(C)[C@H](C)[C@@H](O)[C@]1(C)O. The lowest BCUT2D eigenvalue weighted by Crippen LogP contribution is -2.60. The molecule has 1 unspecified atom stereocenters. The van der Waals surface area contributed by atoms with E-state index in [9.17, 15) is 35.1 Å². The van der Waals surface area contributed by atoms with Gasteiger partial charge in [-0.15, -0.1) is 0 Å². The molecule has 20 heteroatoms. The molecular formula is C56H97N6O14+. The lowest BCUT2D eigenvalue weighted by Gasteiger charge is -2.49. The van der Waals surface area contributed by atoms with Crippen molar-refractivity contribution in [3.8, 4) is 11.3 Å². The van der Waals surface area contributed by atoms with E-state index in [4.69, 9.17) is 33.6 Å². The van der Waals surface area contributed by atoms with Crippen molar-refractivity contribution < 1.29 is 73.4 Å². The molecule has 0 radical (unpaired) electrons. The number of aromatic nitrogens is 3. The Bertz CT molecular complexity index is 2080. The summed E-state index contributed by atoms with van der Waals surface area (Å²) >= 11 is 0. The molecule has 18 atom stereocenters. The number of unbranched alkanes of at least 4 members (excludes halogenated alkanes) is 6. The van der Waals surface area contributed by atoms with Gasteiger partial charge in [0, 0.05) is 61.7 Å². The van der Waals surface area contributed by atoms with Crippen LogP contribution in [0.15, 0.2) is 30.5 Å². The van der Waals surface area contributed by atoms with E-state index in [-0.39, 0.29) is 37.2 Å². The fourth-order valence-electron chi connectivity index (χ4n) is 11.9. The molecule has 3 fully saturated rings. The van der Waals surface area contributed by atoms with Crippen molar-refractivity contribution >= 4 is 11.9 Å². The number of amides is 1. The number of hydrogen-bond donors (Lipinski definition) is 8. The maximum absolute atomic E-state index is 14.5. The number of rotatable bonds is 20. The van der Waals surface area contributed by atoms with Gasteiger partial charge in [0.1, 0.15) is 36.6 Å². The van der Waals surface area contributed by atoms with Crippen molar-refractivity contribution in [3.05, 3.63) is 36.0 Å². The van der Waals surface area contributed by atoms with Gasteiger partial charge in [0.25, 0.3) is 0 Å². The van der Waals surface area contributed by atoms with Crippen LogP contribution >= 0.6 is 0 Å². The number of aliphatic hydroxyl groups excluding tert-OH is 3. The van der Waals surface area contributed by atoms with E-state index in [1.807, 2.05) is 62.8 Å². The van der Waals surface area contributed by atoms with Crippen LogP contribution in [0.1, 0.15) is 152 Å². The van der Waals surface area contributed by atoms with Crippen molar-refractivity contribution in [2.75, 3.05) is 27.7 Å². The molecule has 0 saturated carbocycles. The summed E-state index contributed by atoms with van der Waals surface area (Å²) in [5.74, 6) is -3.11. The molecule has 1 amide bonds. The summed E-state index contributed by atoms with van der Waals surface area (Å²) in [6.07, 6.45) is 0.496. The number of cyclic esters (lactones) is 1. The molecular weight excluding hydrogens is 981 g/mol. The molecule has 3 aliphatic heterocycles. The van der Waals surface area contributed by atoms with Crippen molar-refractivity contribution in [3.63, 3.8) is 0 Å². The molecule has 20 nitrogen and oxygen atoms in total. The quantitative estimate of drug-likeness (QED) is 0.0292. The van der Waals surface area contributed by atoms with E-state index in [0.717, 1.165) is 68.3 Å². The highest BCUT2D eigenvalue weighted by Crippen LogP contribution is 2.40. The third-order valence-electron chi connectivity index (χ3n) is 16.8. The molecule has 3 saturated heterocycles. The Morgan fingerprint density at radius 1 is 0.934 bits per heavy atom. The van der Waals surface area contributed by atoms with Crippen LogP contribution < -0.4 is 10.2 Å². The Balaban J connectivity index is 1.35. The van der Waals surface area contributed by atoms with E-state index >= 15 is 0 Å². The average Bonchev–Trinajstić information content (AvgIpc) is 3.85. The minimum Gasteiger partial charge on any atom is -0.459 e. The molecule has 3 aliphatic rings. The summed E-state index contributed by atoms with van der Waals surface area (Å²) < 4.78 is 40.4.